The normalized spacial score (nSPS) is 30.8. The fourth-order valence-corrected chi connectivity index (χ4v) is 5.59. The van der Waals surface area contributed by atoms with E-state index in [4.69, 9.17) is 0 Å². The Hall–Kier alpha value is -0.360. The molecule has 2 atom stereocenters. The van der Waals surface area contributed by atoms with Gasteiger partial charge in [-0.3, -0.25) is 9.59 Å². The van der Waals surface area contributed by atoms with Crippen molar-refractivity contribution >= 4 is 35.4 Å². The van der Waals surface area contributed by atoms with E-state index in [9.17, 15) is 14.7 Å². The molecule has 2 saturated heterocycles. The first-order chi connectivity index (χ1) is 9.45. The van der Waals surface area contributed by atoms with Crippen molar-refractivity contribution in [3.8, 4) is 0 Å². The molecule has 1 N–H and O–H groups in total. The summed E-state index contributed by atoms with van der Waals surface area (Å²) in [5.74, 6) is 2.76. The van der Waals surface area contributed by atoms with Gasteiger partial charge in [-0.1, -0.05) is 13.8 Å². The van der Waals surface area contributed by atoms with Gasteiger partial charge >= 0.3 is 5.97 Å². The second-order valence-electron chi connectivity index (χ2n) is 5.95. The highest BCUT2D eigenvalue weighted by Gasteiger charge is 2.48. The maximum atomic E-state index is 12.4. The molecule has 0 aliphatic carbocycles. The molecule has 2 rings (SSSR count). The largest absolute Gasteiger partial charge is 0.481 e. The molecule has 6 heteroatoms. The van der Waals surface area contributed by atoms with Gasteiger partial charge in [0.05, 0.1) is 5.41 Å². The van der Waals surface area contributed by atoms with Crippen LogP contribution in [-0.2, 0) is 9.59 Å². The molecule has 114 valence electrons. The second-order valence-corrected chi connectivity index (χ2v) is 8.51. The van der Waals surface area contributed by atoms with Crippen molar-refractivity contribution < 1.29 is 14.7 Å². The summed E-state index contributed by atoms with van der Waals surface area (Å²) >= 11 is 3.79. The zero-order valence-electron chi connectivity index (χ0n) is 12.1. The summed E-state index contributed by atoms with van der Waals surface area (Å²) in [6.45, 7) is 4.85. The third kappa shape index (κ3) is 3.27. The van der Waals surface area contributed by atoms with E-state index < -0.39 is 11.4 Å². The lowest BCUT2D eigenvalue weighted by atomic mass is 9.76. The Bertz CT molecular complexity index is 383. The smallest absolute Gasteiger partial charge is 0.311 e. The number of nitrogens with zero attached hydrogens (tertiary/aromatic N) is 1. The number of likely N-dealkylation sites (tertiary alicyclic amines) is 1. The van der Waals surface area contributed by atoms with Gasteiger partial charge in [-0.05, 0) is 12.3 Å². The molecule has 2 aliphatic heterocycles. The molecular formula is C14H23NO3S2. The van der Waals surface area contributed by atoms with Crippen LogP contribution in [0.25, 0.3) is 0 Å². The molecule has 20 heavy (non-hydrogen) atoms. The van der Waals surface area contributed by atoms with E-state index in [2.05, 4.69) is 0 Å². The molecule has 2 heterocycles. The average Bonchev–Trinajstić information content (AvgIpc) is 2.86. The van der Waals surface area contributed by atoms with E-state index in [1.807, 2.05) is 37.4 Å². The molecule has 0 aromatic heterocycles. The Kier molecular flexibility index (Phi) is 5.29. The molecule has 0 saturated carbocycles. The molecule has 0 radical (unpaired) electrons. The molecule has 0 bridgehead atoms. The van der Waals surface area contributed by atoms with Crippen LogP contribution in [-0.4, -0.2) is 57.5 Å². The maximum Gasteiger partial charge on any atom is 0.311 e. The number of aliphatic carboxylic acids is 1. The van der Waals surface area contributed by atoms with Gasteiger partial charge in [0.1, 0.15) is 0 Å². The van der Waals surface area contributed by atoms with Crippen LogP contribution in [0.4, 0.5) is 0 Å². The summed E-state index contributed by atoms with van der Waals surface area (Å²) in [6, 6.07) is 0. The predicted molar refractivity (Wildman–Crippen MR) is 84.3 cm³/mol. The van der Waals surface area contributed by atoms with Crippen LogP contribution in [0.2, 0.25) is 0 Å². The van der Waals surface area contributed by atoms with Crippen LogP contribution in [0.15, 0.2) is 0 Å². The minimum absolute atomic E-state index is 0.0532. The molecule has 2 fully saturated rings. The first-order valence-electron chi connectivity index (χ1n) is 7.16. The van der Waals surface area contributed by atoms with Gasteiger partial charge < -0.3 is 10.0 Å². The number of amides is 1. The fraction of sp³-hybridized carbons (Fsp3) is 0.857. The molecule has 2 aliphatic rings. The highest BCUT2D eigenvalue weighted by atomic mass is 32.2. The number of thioether (sulfide) groups is 2. The summed E-state index contributed by atoms with van der Waals surface area (Å²) in [5.41, 5.74) is -0.746. The molecule has 1 amide bonds. The third-order valence-corrected chi connectivity index (χ3v) is 7.32. The Labute approximate surface area is 129 Å². The van der Waals surface area contributed by atoms with Crippen molar-refractivity contribution in [2.24, 2.45) is 11.3 Å². The lowest BCUT2D eigenvalue weighted by Gasteiger charge is -2.29. The Morgan fingerprint density at radius 2 is 2.15 bits per heavy atom. The molecular weight excluding hydrogens is 294 g/mol. The first-order valence-corrected chi connectivity index (χ1v) is 9.36. The summed E-state index contributed by atoms with van der Waals surface area (Å²) < 4.78 is 0. The molecule has 4 nitrogen and oxygen atoms in total. The SMILES string of the molecule is CC(C)C1(C(=O)O)CCN(C(=O)CC2CSCCS2)C1. The topological polar surface area (TPSA) is 57.6 Å². The lowest BCUT2D eigenvalue weighted by molar-refractivity contribution is -0.151. The number of carboxylic acids is 1. The quantitative estimate of drug-likeness (QED) is 0.861. The zero-order valence-corrected chi connectivity index (χ0v) is 13.8. The average molecular weight is 317 g/mol. The van der Waals surface area contributed by atoms with Crippen molar-refractivity contribution in [2.75, 3.05) is 30.3 Å². The fourth-order valence-electron chi connectivity index (χ4n) is 2.92. The van der Waals surface area contributed by atoms with Gasteiger partial charge in [-0.2, -0.15) is 23.5 Å². The number of carboxylic acid groups (broad SMARTS) is 1. The van der Waals surface area contributed by atoms with Crippen LogP contribution in [0.3, 0.4) is 0 Å². The predicted octanol–water partition coefficient (Wildman–Crippen LogP) is 2.18. The van der Waals surface area contributed by atoms with Gasteiger partial charge in [-0.15, -0.1) is 0 Å². The van der Waals surface area contributed by atoms with Gasteiger partial charge in [0.15, 0.2) is 0 Å². The van der Waals surface area contributed by atoms with E-state index >= 15 is 0 Å². The summed E-state index contributed by atoms with van der Waals surface area (Å²) in [6.07, 6.45) is 1.14. The number of carbonyl (C=O) groups excluding carboxylic acids is 1. The number of hydrogen-bond donors (Lipinski definition) is 1. The van der Waals surface area contributed by atoms with Crippen molar-refractivity contribution in [1.82, 2.24) is 4.90 Å². The van der Waals surface area contributed by atoms with Crippen LogP contribution >= 0.6 is 23.5 Å². The van der Waals surface area contributed by atoms with Crippen LogP contribution in [0.5, 0.6) is 0 Å². The number of carbonyl (C=O) groups is 2. The van der Waals surface area contributed by atoms with E-state index in [1.54, 1.807) is 4.90 Å². The summed E-state index contributed by atoms with van der Waals surface area (Å²) in [4.78, 5) is 25.7. The minimum Gasteiger partial charge on any atom is -0.481 e. The standard InChI is InChI=1S/C14H23NO3S2/c1-10(2)14(13(17)18)3-4-15(9-14)12(16)7-11-8-19-5-6-20-11/h10-11H,3-9H2,1-2H3,(H,17,18). The van der Waals surface area contributed by atoms with Crippen molar-refractivity contribution in [1.29, 1.82) is 0 Å². The molecule has 2 unspecified atom stereocenters. The van der Waals surface area contributed by atoms with Gasteiger partial charge in [0.25, 0.3) is 0 Å². The highest BCUT2D eigenvalue weighted by molar-refractivity contribution is 8.06. The van der Waals surface area contributed by atoms with Gasteiger partial charge in [0.2, 0.25) is 5.91 Å². The van der Waals surface area contributed by atoms with Crippen molar-refractivity contribution in [2.45, 2.75) is 31.9 Å². The summed E-state index contributed by atoms with van der Waals surface area (Å²) in [5, 5.41) is 9.91. The van der Waals surface area contributed by atoms with Crippen LogP contribution < -0.4 is 0 Å². The van der Waals surface area contributed by atoms with E-state index in [-0.39, 0.29) is 11.8 Å². The van der Waals surface area contributed by atoms with E-state index in [0.717, 1.165) is 11.5 Å². The van der Waals surface area contributed by atoms with Crippen molar-refractivity contribution in [3.63, 3.8) is 0 Å². The Morgan fingerprint density at radius 3 is 2.65 bits per heavy atom. The minimum atomic E-state index is -0.759. The Balaban J connectivity index is 1.94. The summed E-state index contributed by atoms with van der Waals surface area (Å²) in [7, 11) is 0. The Morgan fingerprint density at radius 1 is 1.40 bits per heavy atom. The zero-order chi connectivity index (χ0) is 14.8. The lowest BCUT2D eigenvalue weighted by Crippen LogP contribution is -2.41. The first kappa shape index (κ1) is 16.0. The molecule has 0 aromatic carbocycles. The van der Waals surface area contributed by atoms with E-state index in [0.29, 0.717) is 31.2 Å². The van der Waals surface area contributed by atoms with Crippen LogP contribution in [0.1, 0.15) is 26.7 Å². The number of rotatable bonds is 4. The third-order valence-electron chi connectivity index (χ3n) is 4.47. The number of hydrogen-bond acceptors (Lipinski definition) is 4. The van der Waals surface area contributed by atoms with E-state index in [1.165, 1.54) is 5.75 Å². The maximum absolute atomic E-state index is 12.4. The van der Waals surface area contributed by atoms with Crippen LogP contribution in [0, 0.1) is 11.3 Å². The monoisotopic (exact) mass is 317 g/mol. The van der Waals surface area contributed by atoms with Crippen molar-refractivity contribution in [3.05, 3.63) is 0 Å². The molecule has 0 spiro atoms. The van der Waals surface area contributed by atoms with Gasteiger partial charge in [-0.25, -0.2) is 0 Å². The molecule has 0 aromatic rings. The highest BCUT2D eigenvalue weighted by Crippen LogP contribution is 2.39. The second kappa shape index (κ2) is 6.60. The van der Waals surface area contributed by atoms with Gasteiger partial charge in [0, 0.05) is 42.0 Å².